The van der Waals surface area contributed by atoms with Crippen molar-refractivity contribution >= 4 is 17.4 Å². The second kappa shape index (κ2) is 10.4. The number of carbonyl (C=O) groups excluding carboxylic acids is 1. The van der Waals surface area contributed by atoms with E-state index in [-0.39, 0.29) is 18.1 Å². The van der Waals surface area contributed by atoms with E-state index in [1.165, 1.54) is 11.1 Å². The average Bonchev–Trinajstić information content (AvgIpc) is 3.73. The second-order valence-electron chi connectivity index (χ2n) is 10.3. The number of rotatable bonds is 8. The van der Waals surface area contributed by atoms with Crippen LogP contribution in [-0.4, -0.2) is 24.3 Å². The Balaban J connectivity index is 1.15. The van der Waals surface area contributed by atoms with Crippen LogP contribution in [0.15, 0.2) is 108 Å². The summed E-state index contributed by atoms with van der Waals surface area (Å²) in [5.41, 5.74) is 8.21. The number of oxime groups is 1. The first kappa shape index (κ1) is 24.9. The number of esters is 1. The van der Waals surface area contributed by atoms with Gasteiger partial charge in [-0.25, -0.2) is 0 Å². The highest BCUT2D eigenvalue weighted by molar-refractivity contribution is 5.91. The van der Waals surface area contributed by atoms with Crippen LogP contribution in [0, 0.1) is 0 Å². The van der Waals surface area contributed by atoms with Gasteiger partial charge in [-0.15, -0.1) is 0 Å². The van der Waals surface area contributed by atoms with E-state index in [2.05, 4.69) is 108 Å². The Morgan fingerprint density at radius 2 is 1.41 bits per heavy atom. The third-order valence-electron chi connectivity index (χ3n) is 7.80. The Bertz CT molecular complexity index is 1470. The first-order chi connectivity index (χ1) is 19.1. The lowest BCUT2D eigenvalue weighted by Crippen LogP contribution is -2.30. The molecule has 1 heterocycles. The summed E-state index contributed by atoms with van der Waals surface area (Å²) in [6.07, 6.45) is 1.50. The molecule has 1 saturated carbocycles. The van der Waals surface area contributed by atoms with Crippen LogP contribution < -0.4 is 5.32 Å². The maximum absolute atomic E-state index is 12.4. The summed E-state index contributed by atoms with van der Waals surface area (Å²) in [6, 6.07) is 35.5. The van der Waals surface area contributed by atoms with Crippen LogP contribution in [0.4, 0.5) is 5.69 Å². The Kier molecular flexibility index (Phi) is 6.65. The summed E-state index contributed by atoms with van der Waals surface area (Å²) in [7, 11) is 0. The van der Waals surface area contributed by atoms with Gasteiger partial charge >= 0.3 is 5.97 Å². The number of hydrogen-bond acceptors (Lipinski definition) is 5. The van der Waals surface area contributed by atoms with E-state index in [4.69, 9.17) is 9.57 Å². The number of hydrogen-bond donors (Lipinski definition) is 1. The molecule has 4 aromatic rings. The van der Waals surface area contributed by atoms with Crippen molar-refractivity contribution in [2.24, 2.45) is 5.16 Å². The van der Waals surface area contributed by atoms with Crippen molar-refractivity contribution in [3.8, 4) is 22.3 Å². The van der Waals surface area contributed by atoms with Gasteiger partial charge in [0.25, 0.3) is 0 Å². The molecule has 0 bridgehead atoms. The van der Waals surface area contributed by atoms with Crippen molar-refractivity contribution in [2.45, 2.75) is 44.2 Å². The van der Waals surface area contributed by atoms with Gasteiger partial charge in [-0.05, 0) is 72.2 Å². The van der Waals surface area contributed by atoms with Gasteiger partial charge in [0.1, 0.15) is 6.04 Å². The zero-order valence-electron chi connectivity index (χ0n) is 22.3. The zero-order chi connectivity index (χ0) is 26.8. The van der Waals surface area contributed by atoms with Crippen LogP contribution in [0.2, 0.25) is 0 Å². The number of anilines is 1. The molecule has 4 aromatic carbocycles. The van der Waals surface area contributed by atoms with Crippen molar-refractivity contribution in [2.75, 3.05) is 11.9 Å². The van der Waals surface area contributed by atoms with Crippen LogP contribution in [0.3, 0.4) is 0 Å². The molecule has 0 spiro atoms. The molecule has 2 aliphatic rings. The van der Waals surface area contributed by atoms with Gasteiger partial charge in [0.2, 0.25) is 0 Å². The van der Waals surface area contributed by atoms with Crippen LogP contribution in [0.5, 0.6) is 0 Å². The summed E-state index contributed by atoms with van der Waals surface area (Å²) in [5.74, 6) is -0.105. The fourth-order valence-electron chi connectivity index (χ4n) is 5.33. The molecule has 0 amide bonds. The minimum absolute atomic E-state index is 0.0599. The molecule has 2 atom stereocenters. The first-order valence-electron chi connectivity index (χ1n) is 13.6. The van der Waals surface area contributed by atoms with Gasteiger partial charge in [0.15, 0.2) is 6.10 Å². The van der Waals surface area contributed by atoms with Gasteiger partial charge in [0, 0.05) is 5.69 Å². The van der Waals surface area contributed by atoms with Gasteiger partial charge in [0.05, 0.1) is 17.7 Å². The molecule has 5 nitrogen and oxygen atoms in total. The molecule has 0 radical (unpaired) electrons. The van der Waals surface area contributed by atoms with E-state index in [1.54, 1.807) is 0 Å². The smallest absolute Gasteiger partial charge is 0.316 e. The molecule has 1 aliphatic heterocycles. The molecule has 1 fully saturated rings. The monoisotopic (exact) mass is 516 g/mol. The van der Waals surface area contributed by atoms with Crippen LogP contribution in [-0.2, 0) is 19.8 Å². The summed E-state index contributed by atoms with van der Waals surface area (Å²) in [6.45, 7) is 4.26. The normalized spacial score (nSPS) is 19.1. The average molecular weight is 517 g/mol. The van der Waals surface area contributed by atoms with E-state index >= 15 is 0 Å². The minimum atomic E-state index is -0.444. The fraction of sp³-hybridized carbons (Fsp3) is 0.235. The Morgan fingerprint density at radius 1 is 0.846 bits per heavy atom. The predicted octanol–water partition coefficient (Wildman–Crippen LogP) is 7.54. The number of benzene rings is 4. The van der Waals surface area contributed by atoms with Crippen molar-refractivity contribution in [1.29, 1.82) is 0 Å². The summed E-state index contributed by atoms with van der Waals surface area (Å²) in [4.78, 5) is 18.3. The highest BCUT2D eigenvalue weighted by Gasteiger charge is 2.52. The molecular formula is C34H32N2O3. The molecule has 1 N–H and O–H groups in total. The fourth-order valence-corrected chi connectivity index (χ4v) is 5.33. The van der Waals surface area contributed by atoms with Crippen molar-refractivity contribution in [1.82, 2.24) is 0 Å². The minimum Gasteiger partial charge on any atom is -0.465 e. The molecule has 0 aromatic heterocycles. The second-order valence-corrected chi connectivity index (χ2v) is 10.3. The lowest BCUT2D eigenvalue weighted by atomic mass is 9.93. The van der Waals surface area contributed by atoms with Crippen LogP contribution in [0.1, 0.15) is 43.9 Å². The van der Waals surface area contributed by atoms with Gasteiger partial charge in [-0.2, -0.15) is 0 Å². The lowest BCUT2D eigenvalue weighted by Gasteiger charge is -2.21. The van der Waals surface area contributed by atoms with Gasteiger partial charge in [-0.1, -0.05) is 96.2 Å². The molecule has 1 aliphatic carbocycles. The van der Waals surface area contributed by atoms with E-state index in [0.29, 0.717) is 6.61 Å². The third-order valence-corrected chi connectivity index (χ3v) is 7.80. The standard InChI is InChI=1S/C34H32N2O3/c1-3-38-33(37)34(21-22-34)29-17-13-26(14-18-29)25-9-11-28(12-10-25)32-31(23(2)36-39-32)35-30-19-15-27(16-20-30)24-7-5-4-6-8-24/h4-20,31-32,35H,3,21-22H2,1-2H3. The lowest BCUT2D eigenvalue weighted by molar-refractivity contribution is -0.146. The highest BCUT2D eigenvalue weighted by atomic mass is 16.6. The molecule has 196 valence electrons. The Labute approximate surface area is 229 Å². The molecule has 6 rings (SSSR count). The van der Waals surface area contributed by atoms with Crippen LogP contribution >= 0.6 is 0 Å². The van der Waals surface area contributed by atoms with Crippen LogP contribution in [0.25, 0.3) is 22.3 Å². The number of nitrogens with zero attached hydrogens (tertiary/aromatic N) is 1. The van der Waals surface area contributed by atoms with E-state index in [1.807, 2.05) is 19.9 Å². The molecule has 39 heavy (non-hydrogen) atoms. The highest BCUT2D eigenvalue weighted by Crippen LogP contribution is 2.49. The van der Waals surface area contributed by atoms with Crippen molar-refractivity contribution < 1.29 is 14.4 Å². The molecule has 5 heteroatoms. The van der Waals surface area contributed by atoms with Gasteiger partial charge in [-0.3, -0.25) is 4.79 Å². The van der Waals surface area contributed by atoms with Gasteiger partial charge < -0.3 is 14.9 Å². The largest absolute Gasteiger partial charge is 0.465 e. The first-order valence-corrected chi connectivity index (χ1v) is 13.6. The third kappa shape index (κ3) is 4.92. The summed E-state index contributed by atoms with van der Waals surface area (Å²) in [5, 5.41) is 7.91. The summed E-state index contributed by atoms with van der Waals surface area (Å²) >= 11 is 0. The maximum atomic E-state index is 12.4. The molecule has 2 unspecified atom stereocenters. The quantitative estimate of drug-likeness (QED) is 0.246. The van der Waals surface area contributed by atoms with Crippen molar-refractivity contribution in [3.63, 3.8) is 0 Å². The predicted molar refractivity (Wildman–Crippen MR) is 156 cm³/mol. The van der Waals surface area contributed by atoms with E-state index in [0.717, 1.165) is 46.5 Å². The number of ether oxygens (including phenoxy) is 1. The Hall–Kier alpha value is -4.38. The van der Waals surface area contributed by atoms with E-state index < -0.39 is 5.41 Å². The van der Waals surface area contributed by atoms with E-state index in [9.17, 15) is 4.79 Å². The SMILES string of the molecule is CCOC(=O)C1(c2ccc(-c3ccc(C4ON=C(C)C4Nc4ccc(-c5ccccc5)cc4)cc3)cc2)CC1. The molecular weight excluding hydrogens is 484 g/mol. The number of carbonyl (C=O) groups is 1. The maximum Gasteiger partial charge on any atom is 0.316 e. The van der Waals surface area contributed by atoms with Crippen molar-refractivity contribution in [3.05, 3.63) is 114 Å². The zero-order valence-corrected chi connectivity index (χ0v) is 22.3. The topological polar surface area (TPSA) is 59.9 Å². The molecule has 0 saturated heterocycles. The summed E-state index contributed by atoms with van der Waals surface area (Å²) < 4.78 is 5.31. The number of nitrogens with one attached hydrogen (secondary N) is 1. The Morgan fingerprint density at radius 3 is 2.00 bits per heavy atom.